The van der Waals surface area contributed by atoms with Crippen LogP contribution in [0.25, 0.3) is 0 Å². The first-order chi connectivity index (χ1) is 11.3. The fourth-order valence-electron chi connectivity index (χ4n) is 2.16. The van der Waals surface area contributed by atoms with Crippen LogP contribution >= 0.6 is 0 Å². The fraction of sp³-hybridized carbons (Fsp3) is 0.438. The molecule has 0 aromatic heterocycles. The second-order valence-electron chi connectivity index (χ2n) is 5.47. The summed E-state index contributed by atoms with van der Waals surface area (Å²) in [6.45, 7) is 7.35. The lowest BCUT2D eigenvalue weighted by atomic mass is 9.92. The van der Waals surface area contributed by atoms with E-state index in [-0.39, 0.29) is 23.8 Å². The first-order valence-electron chi connectivity index (χ1n) is 7.53. The molecule has 24 heavy (non-hydrogen) atoms. The largest absolute Gasteiger partial charge is 0.465 e. The summed E-state index contributed by atoms with van der Waals surface area (Å²) < 4.78 is 5.02. The van der Waals surface area contributed by atoms with Gasteiger partial charge in [0.25, 0.3) is 11.6 Å². The van der Waals surface area contributed by atoms with Gasteiger partial charge >= 0.3 is 5.97 Å². The number of hydrogen-bond acceptors (Lipinski definition) is 6. The summed E-state index contributed by atoms with van der Waals surface area (Å²) in [5, 5.41) is 14.6. The molecule has 0 aliphatic heterocycles. The number of nitrogens with zero attached hydrogens (tertiary/aromatic N) is 2. The van der Waals surface area contributed by atoms with Gasteiger partial charge in [-0.05, 0) is 31.9 Å². The van der Waals surface area contributed by atoms with Gasteiger partial charge in [0.05, 0.1) is 17.4 Å². The number of ether oxygens (including phenoxy) is 1. The molecule has 8 nitrogen and oxygen atoms in total. The molecule has 0 heterocycles. The van der Waals surface area contributed by atoms with E-state index in [1.54, 1.807) is 13.8 Å². The molecule has 0 aliphatic rings. The third-order valence-electron chi connectivity index (χ3n) is 3.33. The van der Waals surface area contributed by atoms with Gasteiger partial charge in [-0.2, -0.15) is 5.10 Å². The summed E-state index contributed by atoms with van der Waals surface area (Å²) in [4.78, 5) is 34.0. The highest BCUT2D eigenvalue weighted by atomic mass is 16.6. The van der Waals surface area contributed by atoms with Gasteiger partial charge < -0.3 is 4.74 Å². The molecule has 1 aromatic rings. The first kappa shape index (κ1) is 19.3. The van der Waals surface area contributed by atoms with E-state index in [1.165, 1.54) is 24.3 Å². The highest BCUT2D eigenvalue weighted by Gasteiger charge is 2.26. The number of nitro groups is 1. The average molecular weight is 335 g/mol. The van der Waals surface area contributed by atoms with Gasteiger partial charge in [0.1, 0.15) is 0 Å². The molecule has 0 spiro atoms. The van der Waals surface area contributed by atoms with Crippen molar-refractivity contribution in [1.82, 2.24) is 5.43 Å². The lowest BCUT2D eigenvalue weighted by molar-refractivity contribution is -0.384. The van der Waals surface area contributed by atoms with Gasteiger partial charge in [-0.3, -0.25) is 19.7 Å². The van der Waals surface area contributed by atoms with Crippen molar-refractivity contribution in [1.29, 1.82) is 0 Å². The van der Waals surface area contributed by atoms with Crippen molar-refractivity contribution in [3.63, 3.8) is 0 Å². The Morgan fingerprint density at radius 1 is 1.29 bits per heavy atom. The monoisotopic (exact) mass is 335 g/mol. The summed E-state index contributed by atoms with van der Waals surface area (Å²) in [6, 6.07) is 5.15. The van der Waals surface area contributed by atoms with Crippen LogP contribution in [0.15, 0.2) is 29.4 Å². The maximum absolute atomic E-state index is 12.0. The Kier molecular flexibility index (Phi) is 7.03. The predicted octanol–water partition coefficient (Wildman–Crippen LogP) is 2.54. The zero-order chi connectivity index (χ0) is 18.3. The van der Waals surface area contributed by atoms with E-state index in [1.807, 2.05) is 13.8 Å². The van der Waals surface area contributed by atoms with Crippen molar-refractivity contribution in [2.75, 3.05) is 6.61 Å². The minimum atomic E-state index is -0.554. The van der Waals surface area contributed by atoms with Gasteiger partial charge in [-0.25, -0.2) is 5.43 Å². The molecule has 1 amide bonds. The Bertz CT molecular complexity index is 638. The van der Waals surface area contributed by atoms with Crippen LogP contribution in [0.4, 0.5) is 5.69 Å². The number of nitrogens with one attached hydrogen (secondary N) is 1. The molecule has 0 radical (unpaired) electrons. The molecule has 8 heteroatoms. The van der Waals surface area contributed by atoms with E-state index >= 15 is 0 Å². The Hall–Kier alpha value is -2.77. The van der Waals surface area contributed by atoms with Crippen LogP contribution in [-0.4, -0.2) is 29.1 Å². The minimum absolute atomic E-state index is 0.0379. The van der Waals surface area contributed by atoms with Crippen molar-refractivity contribution in [2.45, 2.75) is 27.7 Å². The fourth-order valence-corrected chi connectivity index (χ4v) is 2.16. The van der Waals surface area contributed by atoms with E-state index in [2.05, 4.69) is 10.5 Å². The van der Waals surface area contributed by atoms with E-state index in [4.69, 9.17) is 4.74 Å². The number of hydrazone groups is 1. The van der Waals surface area contributed by atoms with Crippen molar-refractivity contribution in [3.8, 4) is 0 Å². The van der Waals surface area contributed by atoms with Crippen molar-refractivity contribution in [3.05, 3.63) is 39.9 Å². The smallest absolute Gasteiger partial charge is 0.314 e. The van der Waals surface area contributed by atoms with Crippen LogP contribution in [0.1, 0.15) is 38.1 Å². The van der Waals surface area contributed by atoms with Gasteiger partial charge in [0.2, 0.25) is 0 Å². The van der Waals surface area contributed by atoms with Gasteiger partial charge in [0, 0.05) is 23.4 Å². The first-order valence-corrected chi connectivity index (χ1v) is 7.53. The molecule has 130 valence electrons. The van der Waals surface area contributed by atoms with Gasteiger partial charge in [-0.15, -0.1) is 0 Å². The number of non-ortho nitro benzene ring substituents is 1. The maximum Gasteiger partial charge on any atom is 0.314 e. The number of carbonyl (C=O) groups excluding carboxylic acids is 2. The zero-order valence-corrected chi connectivity index (χ0v) is 14.1. The number of nitro benzene ring substituents is 1. The topological polar surface area (TPSA) is 111 Å². The highest BCUT2D eigenvalue weighted by molar-refractivity contribution is 6.02. The van der Waals surface area contributed by atoms with Gasteiger partial charge in [-0.1, -0.05) is 13.8 Å². The summed E-state index contributed by atoms with van der Waals surface area (Å²) in [5.74, 6) is -1.50. The molecule has 0 saturated carbocycles. The number of benzene rings is 1. The zero-order valence-electron chi connectivity index (χ0n) is 14.1. The molecule has 0 fully saturated rings. The minimum Gasteiger partial charge on any atom is -0.465 e. The Labute approximate surface area is 140 Å². The quantitative estimate of drug-likeness (QED) is 0.356. The normalized spacial score (nSPS) is 12.6. The number of hydrogen-bond donors (Lipinski definition) is 1. The van der Waals surface area contributed by atoms with Crippen molar-refractivity contribution < 1.29 is 19.2 Å². The Morgan fingerprint density at radius 2 is 1.88 bits per heavy atom. The number of carbonyl (C=O) groups is 2. The summed E-state index contributed by atoms with van der Waals surface area (Å²) in [7, 11) is 0. The summed E-state index contributed by atoms with van der Waals surface area (Å²) in [6.07, 6.45) is 0. The lowest BCUT2D eigenvalue weighted by Crippen LogP contribution is -2.31. The lowest BCUT2D eigenvalue weighted by Gasteiger charge is -2.18. The third kappa shape index (κ3) is 5.15. The van der Waals surface area contributed by atoms with Crippen molar-refractivity contribution in [2.24, 2.45) is 16.9 Å². The second kappa shape index (κ2) is 8.76. The number of amides is 1. The molecule has 0 unspecified atom stereocenters. The van der Waals surface area contributed by atoms with E-state index in [0.717, 1.165) is 0 Å². The van der Waals surface area contributed by atoms with E-state index < -0.39 is 22.7 Å². The van der Waals surface area contributed by atoms with Crippen LogP contribution in [-0.2, 0) is 9.53 Å². The van der Waals surface area contributed by atoms with Gasteiger partial charge in [0.15, 0.2) is 0 Å². The molecule has 0 bridgehead atoms. The van der Waals surface area contributed by atoms with Crippen LogP contribution in [0.2, 0.25) is 0 Å². The summed E-state index contributed by atoms with van der Waals surface area (Å²) >= 11 is 0. The molecule has 1 aromatic carbocycles. The molecule has 0 aliphatic carbocycles. The molecule has 1 atom stereocenters. The standard InChI is InChI=1S/C16H21N3O5/c1-5-24-16(21)14(10(2)3)11(4)17-18-15(20)12-6-8-13(9-7-12)19(22)23/h6-10,14H,5H2,1-4H3,(H,18,20)/t14-/m1/s1. The molecule has 1 rings (SSSR count). The van der Waals surface area contributed by atoms with Crippen LogP contribution < -0.4 is 5.43 Å². The molecular formula is C16H21N3O5. The Morgan fingerprint density at radius 3 is 2.33 bits per heavy atom. The predicted molar refractivity (Wildman–Crippen MR) is 88.6 cm³/mol. The van der Waals surface area contributed by atoms with E-state index in [0.29, 0.717) is 5.71 Å². The molecule has 1 N–H and O–H groups in total. The summed E-state index contributed by atoms with van der Waals surface area (Å²) in [5.41, 5.74) is 2.91. The number of esters is 1. The molecular weight excluding hydrogens is 314 g/mol. The highest BCUT2D eigenvalue weighted by Crippen LogP contribution is 2.15. The van der Waals surface area contributed by atoms with E-state index in [9.17, 15) is 19.7 Å². The van der Waals surface area contributed by atoms with Crippen molar-refractivity contribution >= 4 is 23.3 Å². The van der Waals surface area contributed by atoms with Crippen LogP contribution in [0.5, 0.6) is 0 Å². The number of rotatable bonds is 7. The van der Waals surface area contributed by atoms with Crippen LogP contribution in [0, 0.1) is 22.0 Å². The second-order valence-corrected chi connectivity index (χ2v) is 5.47. The SMILES string of the molecule is CCOC(=O)[C@@H](C(C)=NNC(=O)c1ccc([N+](=O)[O-])cc1)C(C)C. The Balaban J connectivity index is 2.83. The molecule has 0 saturated heterocycles. The third-order valence-corrected chi connectivity index (χ3v) is 3.33. The van der Waals surface area contributed by atoms with Crippen LogP contribution in [0.3, 0.4) is 0 Å². The maximum atomic E-state index is 12.0. The average Bonchev–Trinajstić information content (AvgIpc) is 2.52.